The van der Waals surface area contributed by atoms with Crippen molar-refractivity contribution in [3.05, 3.63) is 34.7 Å². The van der Waals surface area contributed by atoms with E-state index in [1.54, 1.807) is 6.20 Å². The molecule has 0 aromatic carbocycles. The van der Waals surface area contributed by atoms with Crippen molar-refractivity contribution < 1.29 is 0 Å². The lowest BCUT2D eigenvalue weighted by Crippen LogP contribution is -1.93. The van der Waals surface area contributed by atoms with E-state index in [0.717, 1.165) is 0 Å². The highest BCUT2D eigenvalue weighted by Crippen LogP contribution is 1.62. The van der Waals surface area contributed by atoms with Crippen LogP contribution in [0.1, 0.15) is 0 Å². The molecule has 2 heteroatoms. The molecule has 7 heavy (non-hydrogen) atoms. The third kappa shape index (κ3) is 0.892. The summed E-state index contributed by atoms with van der Waals surface area (Å²) < 4.78 is 0. The summed E-state index contributed by atoms with van der Waals surface area (Å²) in [5.41, 5.74) is -0.0845. The highest BCUT2D eigenvalue weighted by molar-refractivity contribution is 4.87. The van der Waals surface area contributed by atoms with Gasteiger partial charge in [0.1, 0.15) is 0 Å². The molecule has 0 saturated carbocycles. The van der Waals surface area contributed by atoms with Gasteiger partial charge in [-0.2, -0.15) is 0 Å². The first-order valence-corrected chi connectivity index (χ1v) is 1.94. The standard InChI is InChI=1S/C5H4NO/c7-5-1-3-6-4-2-5/h1,3-4H,(H,6,7). The van der Waals surface area contributed by atoms with E-state index < -0.39 is 0 Å². The van der Waals surface area contributed by atoms with Crippen LogP contribution in [0.3, 0.4) is 0 Å². The summed E-state index contributed by atoms with van der Waals surface area (Å²) in [6.07, 6.45) is 3.04. The van der Waals surface area contributed by atoms with Gasteiger partial charge in [-0.3, -0.25) is 4.79 Å². The van der Waals surface area contributed by atoms with Crippen LogP contribution in [-0.4, -0.2) is 4.98 Å². The number of nitrogens with one attached hydrogen (secondary N) is 1. The fourth-order valence-corrected chi connectivity index (χ4v) is 0.333. The van der Waals surface area contributed by atoms with Crippen LogP contribution in [0.25, 0.3) is 0 Å². The van der Waals surface area contributed by atoms with Crippen LogP contribution in [0.2, 0.25) is 0 Å². The van der Waals surface area contributed by atoms with E-state index in [2.05, 4.69) is 11.1 Å². The third-order valence-corrected chi connectivity index (χ3v) is 0.629. The minimum atomic E-state index is -0.0845. The average molecular weight is 94.1 g/mol. The fourth-order valence-electron chi connectivity index (χ4n) is 0.333. The molecule has 0 amide bonds. The monoisotopic (exact) mass is 94.0 g/mol. The molecule has 0 aliphatic heterocycles. The van der Waals surface area contributed by atoms with Crippen LogP contribution < -0.4 is 5.43 Å². The average Bonchev–Trinajstić information content (AvgIpc) is 1.69. The number of H-pyrrole nitrogens is 1. The predicted molar refractivity (Wildman–Crippen MR) is 25.9 cm³/mol. The van der Waals surface area contributed by atoms with Crippen LogP contribution in [-0.2, 0) is 0 Å². The summed E-state index contributed by atoms with van der Waals surface area (Å²) in [7, 11) is 0. The van der Waals surface area contributed by atoms with Crippen molar-refractivity contribution in [2.24, 2.45) is 0 Å². The summed E-state index contributed by atoms with van der Waals surface area (Å²) in [4.78, 5) is 12.9. The smallest absolute Gasteiger partial charge is 0.189 e. The van der Waals surface area contributed by atoms with E-state index in [1.165, 1.54) is 12.3 Å². The topological polar surface area (TPSA) is 32.9 Å². The summed E-state index contributed by atoms with van der Waals surface area (Å²) >= 11 is 0. The molecule has 0 bridgehead atoms. The molecule has 2 nitrogen and oxygen atoms in total. The van der Waals surface area contributed by atoms with Gasteiger partial charge < -0.3 is 4.98 Å². The van der Waals surface area contributed by atoms with Crippen LogP contribution in [0, 0.1) is 6.07 Å². The SMILES string of the molecule is O=c1[c]c[nH]cc1. The Labute approximate surface area is 40.8 Å². The van der Waals surface area contributed by atoms with E-state index >= 15 is 0 Å². The second kappa shape index (κ2) is 1.60. The Kier molecular flexibility index (Phi) is 0.941. The Balaban J connectivity index is 3.28. The number of rotatable bonds is 0. The van der Waals surface area contributed by atoms with Gasteiger partial charge >= 0.3 is 0 Å². The summed E-state index contributed by atoms with van der Waals surface area (Å²) in [6, 6.07) is 3.84. The van der Waals surface area contributed by atoms with Crippen LogP contribution in [0.15, 0.2) is 23.3 Å². The molecule has 1 radical (unpaired) electrons. The summed E-state index contributed by atoms with van der Waals surface area (Å²) in [6.45, 7) is 0. The molecule has 0 atom stereocenters. The van der Waals surface area contributed by atoms with Gasteiger partial charge in [-0.05, 0) is 0 Å². The zero-order chi connectivity index (χ0) is 5.11. The van der Waals surface area contributed by atoms with Crippen LogP contribution >= 0.6 is 0 Å². The van der Waals surface area contributed by atoms with Gasteiger partial charge in [0, 0.05) is 18.5 Å². The number of pyridine rings is 1. The Hall–Kier alpha value is -1.05. The zero-order valence-electron chi connectivity index (χ0n) is 3.64. The molecule has 1 N–H and O–H groups in total. The molecule has 0 spiro atoms. The van der Waals surface area contributed by atoms with Crippen molar-refractivity contribution in [3.63, 3.8) is 0 Å². The lowest BCUT2D eigenvalue weighted by Gasteiger charge is -1.72. The first kappa shape index (κ1) is 4.12. The van der Waals surface area contributed by atoms with Crippen LogP contribution in [0.4, 0.5) is 0 Å². The first-order valence-electron chi connectivity index (χ1n) is 1.94. The second-order valence-electron chi connectivity index (χ2n) is 1.15. The summed E-state index contributed by atoms with van der Waals surface area (Å²) in [5, 5.41) is 0. The maximum Gasteiger partial charge on any atom is 0.189 e. The van der Waals surface area contributed by atoms with Gasteiger partial charge in [0.25, 0.3) is 0 Å². The van der Waals surface area contributed by atoms with Gasteiger partial charge in [0.15, 0.2) is 5.43 Å². The minimum absolute atomic E-state index is 0.0845. The Morgan fingerprint density at radius 2 is 2.57 bits per heavy atom. The van der Waals surface area contributed by atoms with Gasteiger partial charge in [-0.25, -0.2) is 0 Å². The fraction of sp³-hybridized carbons (Fsp3) is 0. The normalized spacial score (nSPS) is 8.57. The molecule has 0 aliphatic rings. The Morgan fingerprint density at radius 1 is 1.71 bits per heavy atom. The van der Waals surface area contributed by atoms with Crippen molar-refractivity contribution >= 4 is 0 Å². The van der Waals surface area contributed by atoms with E-state index in [1.807, 2.05) is 0 Å². The van der Waals surface area contributed by atoms with E-state index in [4.69, 9.17) is 0 Å². The highest BCUT2D eigenvalue weighted by Gasteiger charge is 1.71. The van der Waals surface area contributed by atoms with Crippen LogP contribution in [0.5, 0.6) is 0 Å². The van der Waals surface area contributed by atoms with Gasteiger partial charge in [0.05, 0.1) is 6.07 Å². The number of hydrogen-bond acceptors (Lipinski definition) is 1. The maximum absolute atomic E-state index is 10.2. The molecule has 0 saturated heterocycles. The van der Waals surface area contributed by atoms with Crippen molar-refractivity contribution in [1.29, 1.82) is 0 Å². The first-order chi connectivity index (χ1) is 3.39. The molecule has 0 unspecified atom stereocenters. The molecular weight excluding hydrogens is 90.1 g/mol. The van der Waals surface area contributed by atoms with E-state index in [0.29, 0.717) is 0 Å². The molecule has 1 aromatic rings. The molecule has 1 rings (SSSR count). The van der Waals surface area contributed by atoms with Crippen molar-refractivity contribution in [3.8, 4) is 0 Å². The number of aromatic amines is 1. The zero-order valence-corrected chi connectivity index (χ0v) is 3.64. The van der Waals surface area contributed by atoms with Gasteiger partial charge in [0.2, 0.25) is 0 Å². The minimum Gasteiger partial charge on any atom is -0.367 e. The summed E-state index contributed by atoms with van der Waals surface area (Å²) in [5.74, 6) is 0. The Morgan fingerprint density at radius 3 is 2.86 bits per heavy atom. The number of hydrogen-bond donors (Lipinski definition) is 1. The number of aromatic nitrogens is 1. The predicted octanol–water partition coefficient (Wildman–Crippen LogP) is 0.175. The van der Waals surface area contributed by atoms with Gasteiger partial charge in [-0.15, -0.1) is 0 Å². The van der Waals surface area contributed by atoms with Gasteiger partial charge in [-0.1, -0.05) is 0 Å². The molecule has 0 fully saturated rings. The second-order valence-corrected chi connectivity index (χ2v) is 1.15. The molecular formula is C5H4NO. The maximum atomic E-state index is 10.2. The molecule has 35 valence electrons. The lowest BCUT2D eigenvalue weighted by molar-refractivity contribution is 1.30. The van der Waals surface area contributed by atoms with E-state index in [9.17, 15) is 4.79 Å². The van der Waals surface area contributed by atoms with Crippen molar-refractivity contribution in [1.82, 2.24) is 4.98 Å². The Bertz CT molecular complexity index is 174. The molecule has 0 aliphatic carbocycles. The quantitative estimate of drug-likeness (QED) is 0.488. The van der Waals surface area contributed by atoms with E-state index in [-0.39, 0.29) is 5.43 Å². The van der Waals surface area contributed by atoms with Crippen molar-refractivity contribution in [2.45, 2.75) is 0 Å². The van der Waals surface area contributed by atoms with Crippen molar-refractivity contribution in [2.75, 3.05) is 0 Å². The lowest BCUT2D eigenvalue weighted by atomic mass is 10.5. The largest absolute Gasteiger partial charge is 0.367 e. The highest BCUT2D eigenvalue weighted by atomic mass is 16.1. The third-order valence-electron chi connectivity index (χ3n) is 0.629. The molecule has 1 heterocycles. The molecule has 1 aromatic heterocycles.